The Morgan fingerprint density at radius 3 is 2.92 bits per heavy atom. The van der Waals surface area contributed by atoms with E-state index in [0.717, 1.165) is 0 Å². The summed E-state index contributed by atoms with van der Waals surface area (Å²) in [6.45, 7) is 3.49. The first kappa shape index (κ1) is 8.94. The van der Waals surface area contributed by atoms with Crippen LogP contribution in [0.15, 0.2) is 36.9 Å². The molecule has 0 aliphatic rings. The van der Waals surface area contributed by atoms with Crippen molar-refractivity contribution in [1.82, 2.24) is 0 Å². The van der Waals surface area contributed by atoms with E-state index >= 15 is 0 Å². The Bertz CT molecular complexity index is 270. The average Bonchev–Trinajstić information content (AvgIpc) is 2.05. The van der Waals surface area contributed by atoms with Crippen LogP contribution in [0.2, 0.25) is 0 Å². The highest BCUT2D eigenvalue weighted by Crippen LogP contribution is 2.17. The molecule has 2 heteroatoms. The zero-order chi connectivity index (χ0) is 8.97. The molecule has 1 unspecified atom stereocenters. The highest BCUT2D eigenvalue weighted by Gasteiger charge is 2.04. The van der Waals surface area contributed by atoms with E-state index in [0.29, 0.717) is 12.0 Å². The van der Waals surface area contributed by atoms with Crippen molar-refractivity contribution in [2.24, 2.45) is 0 Å². The minimum Gasteiger partial charge on any atom is -0.388 e. The van der Waals surface area contributed by atoms with Crippen molar-refractivity contribution in [3.05, 3.63) is 48.3 Å². The molecule has 1 N–H and O–H groups in total. The normalized spacial score (nSPS) is 12.5. The van der Waals surface area contributed by atoms with Crippen LogP contribution >= 0.6 is 0 Å². The Kier molecular flexibility index (Phi) is 3.00. The maximum Gasteiger partial charge on any atom is 0.123 e. The minimum atomic E-state index is -0.641. The summed E-state index contributed by atoms with van der Waals surface area (Å²) in [5, 5.41) is 9.41. The van der Waals surface area contributed by atoms with Gasteiger partial charge in [-0.1, -0.05) is 18.2 Å². The van der Waals surface area contributed by atoms with Crippen molar-refractivity contribution in [2.75, 3.05) is 0 Å². The lowest BCUT2D eigenvalue weighted by atomic mass is 10.1. The van der Waals surface area contributed by atoms with E-state index in [9.17, 15) is 9.50 Å². The number of rotatable bonds is 3. The van der Waals surface area contributed by atoms with E-state index in [1.807, 2.05) is 0 Å². The summed E-state index contributed by atoms with van der Waals surface area (Å²) in [4.78, 5) is 0. The van der Waals surface area contributed by atoms with E-state index in [2.05, 4.69) is 6.58 Å². The van der Waals surface area contributed by atoms with Crippen LogP contribution < -0.4 is 0 Å². The molecule has 0 bridgehead atoms. The van der Waals surface area contributed by atoms with Gasteiger partial charge in [0.05, 0.1) is 6.10 Å². The van der Waals surface area contributed by atoms with Gasteiger partial charge in [-0.3, -0.25) is 0 Å². The molecule has 0 aliphatic heterocycles. The van der Waals surface area contributed by atoms with Gasteiger partial charge < -0.3 is 5.11 Å². The smallest absolute Gasteiger partial charge is 0.123 e. The Balaban J connectivity index is 2.80. The lowest BCUT2D eigenvalue weighted by molar-refractivity contribution is 0.181. The van der Waals surface area contributed by atoms with Gasteiger partial charge in [-0.2, -0.15) is 0 Å². The van der Waals surface area contributed by atoms with Gasteiger partial charge in [0.1, 0.15) is 5.82 Å². The van der Waals surface area contributed by atoms with Crippen LogP contribution in [0.1, 0.15) is 18.1 Å². The quantitative estimate of drug-likeness (QED) is 0.684. The Morgan fingerprint density at radius 2 is 2.33 bits per heavy atom. The summed E-state index contributed by atoms with van der Waals surface area (Å²) >= 11 is 0. The third kappa shape index (κ3) is 2.17. The molecule has 0 saturated heterocycles. The molecule has 0 aliphatic carbocycles. The number of halogens is 1. The first-order valence-corrected chi connectivity index (χ1v) is 3.78. The van der Waals surface area contributed by atoms with Crippen molar-refractivity contribution >= 4 is 0 Å². The van der Waals surface area contributed by atoms with Crippen LogP contribution in [0.25, 0.3) is 0 Å². The molecule has 0 spiro atoms. The van der Waals surface area contributed by atoms with Crippen molar-refractivity contribution in [2.45, 2.75) is 12.5 Å². The fraction of sp³-hybridized carbons (Fsp3) is 0.200. The van der Waals surface area contributed by atoms with Gasteiger partial charge in [-0.15, -0.1) is 6.58 Å². The molecule has 1 nitrogen and oxygen atoms in total. The number of hydrogen-bond acceptors (Lipinski definition) is 1. The van der Waals surface area contributed by atoms with Crippen molar-refractivity contribution in [1.29, 1.82) is 0 Å². The van der Waals surface area contributed by atoms with Crippen molar-refractivity contribution in [3.8, 4) is 0 Å². The topological polar surface area (TPSA) is 20.2 Å². The number of hydrogen-bond donors (Lipinski definition) is 1. The van der Waals surface area contributed by atoms with E-state index < -0.39 is 6.10 Å². The molecule has 1 atom stereocenters. The first-order chi connectivity index (χ1) is 5.74. The molecule has 64 valence electrons. The molecular weight excluding hydrogens is 155 g/mol. The second-order valence-electron chi connectivity index (χ2n) is 2.60. The molecule has 12 heavy (non-hydrogen) atoms. The van der Waals surface area contributed by atoms with Crippen molar-refractivity contribution in [3.63, 3.8) is 0 Å². The molecule has 0 saturated carbocycles. The fourth-order valence-corrected chi connectivity index (χ4v) is 1.01. The van der Waals surface area contributed by atoms with Crippen LogP contribution in [0.4, 0.5) is 4.39 Å². The molecule has 0 aromatic heterocycles. The summed E-state index contributed by atoms with van der Waals surface area (Å²) in [7, 11) is 0. The van der Waals surface area contributed by atoms with E-state index in [4.69, 9.17) is 0 Å². The predicted molar refractivity (Wildman–Crippen MR) is 46.2 cm³/mol. The Labute approximate surface area is 71.2 Å². The van der Waals surface area contributed by atoms with Gasteiger partial charge >= 0.3 is 0 Å². The molecule has 1 aromatic rings. The van der Waals surface area contributed by atoms with Gasteiger partial charge in [0.2, 0.25) is 0 Å². The van der Waals surface area contributed by atoms with Crippen LogP contribution in [-0.2, 0) is 0 Å². The monoisotopic (exact) mass is 166 g/mol. The average molecular weight is 166 g/mol. The van der Waals surface area contributed by atoms with Gasteiger partial charge in [-0.25, -0.2) is 4.39 Å². The van der Waals surface area contributed by atoms with Gasteiger partial charge in [0.25, 0.3) is 0 Å². The lowest BCUT2D eigenvalue weighted by Crippen LogP contribution is -1.95. The second-order valence-corrected chi connectivity index (χ2v) is 2.60. The first-order valence-electron chi connectivity index (χ1n) is 3.78. The van der Waals surface area contributed by atoms with Gasteiger partial charge in [-0.05, 0) is 24.1 Å². The molecule has 0 radical (unpaired) electrons. The summed E-state index contributed by atoms with van der Waals surface area (Å²) in [5.74, 6) is -0.324. The second kappa shape index (κ2) is 4.02. The molecule has 1 rings (SSSR count). The zero-order valence-corrected chi connectivity index (χ0v) is 6.70. The van der Waals surface area contributed by atoms with E-state index in [-0.39, 0.29) is 5.82 Å². The maximum atomic E-state index is 12.6. The number of aliphatic hydroxyl groups is 1. The Hall–Kier alpha value is -1.15. The van der Waals surface area contributed by atoms with Crippen LogP contribution in [0.3, 0.4) is 0 Å². The van der Waals surface area contributed by atoms with Gasteiger partial charge in [0.15, 0.2) is 0 Å². The van der Waals surface area contributed by atoms with Gasteiger partial charge in [0, 0.05) is 0 Å². The number of aliphatic hydroxyl groups excluding tert-OH is 1. The molecule has 0 heterocycles. The van der Waals surface area contributed by atoms with Crippen LogP contribution in [-0.4, -0.2) is 5.11 Å². The van der Waals surface area contributed by atoms with Crippen LogP contribution in [0.5, 0.6) is 0 Å². The highest BCUT2D eigenvalue weighted by atomic mass is 19.1. The Morgan fingerprint density at radius 1 is 1.58 bits per heavy atom. The molecule has 1 aromatic carbocycles. The third-order valence-electron chi connectivity index (χ3n) is 1.62. The summed E-state index contributed by atoms with van der Waals surface area (Å²) in [6.07, 6.45) is 1.41. The summed E-state index contributed by atoms with van der Waals surface area (Å²) in [6, 6.07) is 5.95. The van der Waals surface area contributed by atoms with E-state index in [1.165, 1.54) is 12.1 Å². The predicted octanol–water partition coefficient (Wildman–Crippen LogP) is 2.44. The van der Waals surface area contributed by atoms with E-state index in [1.54, 1.807) is 18.2 Å². The number of benzene rings is 1. The van der Waals surface area contributed by atoms with Crippen LogP contribution in [0, 0.1) is 5.82 Å². The largest absolute Gasteiger partial charge is 0.388 e. The fourth-order valence-electron chi connectivity index (χ4n) is 1.01. The highest BCUT2D eigenvalue weighted by molar-refractivity contribution is 5.19. The molecular formula is C10H11FO. The zero-order valence-electron chi connectivity index (χ0n) is 6.70. The SMILES string of the molecule is C=CCC(O)c1cccc(F)c1. The lowest BCUT2D eigenvalue weighted by Gasteiger charge is -2.07. The minimum absolute atomic E-state index is 0.324. The molecule has 0 amide bonds. The third-order valence-corrected chi connectivity index (χ3v) is 1.62. The standard InChI is InChI=1S/C10H11FO/c1-2-4-10(12)8-5-3-6-9(11)7-8/h2-3,5-7,10,12H,1,4H2. The summed E-state index contributed by atoms with van der Waals surface area (Å²) in [5.41, 5.74) is 0.593. The maximum absolute atomic E-state index is 12.6. The van der Waals surface area contributed by atoms with Crippen molar-refractivity contribution < 1.29 is 9.50 Å². The summed E-state index contributed by atoms with van der Waals surface area (Å²) < 4.78 is 12.6. The molecule has 0 fully saturated rings.